The molecular formula is C41H38Br2ClKN10O2. The third-order valence-corrected chi connectivity index (χ3v) is 8.56. The molecule has 1 amide bonds. The number of benzene rings is 4. The number of carbonyl (C=O) groups is 1. The SMILES string of the molecule is CC(C)(C)[O-].Cc1nc2ccccc2n1-c1cncc(Cl)n1.Cc1nc2ccccc2n1-c1cncc(Nc2ccc(Br)cc2)n1.O=CNc1ccc(Br)cc1.[K+]. The number of fused-ring (bicyclic) bond motifs is 2. The second-order valence-electron chi connectivity index (χ2n) is 12.9. The van der Waals surface area contributed by atoms with Crippen LogP contribution < -0.4 is 67.1 Å². The van der Waals surface area contributed by atoms with Crippen LogP contribution in [-0.2, 0) is 4.79 Å². The number of nitrogens with zero attached hydrogens (tertiary/aromatic N) is 8. The first-order valence-electron chi connectivity index (χ1n) is 17.2. The fourth-order valence-electron chi connectivity index (χ4n) is 5.13. The Morgan fingerprint density at radius 1 is 0.649 bits per heavy atom. The first-order valence-corrected chi connectivity index (χ1v) is 19.1. The number of carbonyl (C=O) groups excluding carboxylic acids is 1. The van der Waals surface area contributed by atoms with Crippen molar-refractivity contribution in [3.8, 4) is 11.6 Å². The van der Waals surface area contributed by atoms with Gasteiger partial charge in [0.05, 0.1) is 46.9 Å². The van der Waals surface area contributed by atoms with Crippen LogP contribution in [0.3, 0.4) is 0 Å². The van der Waals surface area contributed by atoms with E-state index >= 15 is 0 Å². The second-order valence-corrected chi connectivity index (χ2v) is 15.2. The normalized spacial score (nSPS) is 10.5. The van der Waals surface area contributed by atoms with Gasteiger partial charge in [-0.05, 0) is 86.6 Å². The molecule has 16 heteroatoms. The van der Waals surface area contributed by atoms with Gasteiger partial charge in [0, 0.05) is 20.3 Å². The molecule has 0 saturated heterocycles. The maximum absolute atomic E-state index is 10.1. The topological polar surface area (TPSA) is 151 Å². The fraction of sp³-hybridized carbons (Fsp3) is 0.146. The molecule has 0 fully saturated rings. The van der Waals surface area contributed by atoms with Gasteiger partial charge in [0.25, 0.3) is 0 Å². The molecule has 286 valence electrons. The van der Waals surface area contributed by atoms with Crippen LogP contribution in [0.5, 0.6) is 0 Å². The van der Waals surface area contributed by atoms with Gasteiger partial charge in [-0.1, -0.05) is 88.5 Å². The van der Waals surface area contributed by atoms with E-state index in [0.29, 0.717) is 23.2 Å². The summed E-state index contributed by atoms with van der Waals surface area (Å²) in [5.74, 6) is 3.85. The Kier molecular flexibility index (Phi) is 17.5. The molecule has 12 nitrogen and oxygen atoms in total. The summed E-state index contributed by atoms with van der Waals surface area (Å²) in [4.78, 5) is 36.3. The number of para-hydroxylation sites is 4. The molecule has 4 aromatic heterocycles. The molecule has 2 N–H and O–H groups in total. The van der Waals surface area contributed by atoms with Gasteiger partial charge in [-0.3, -0.25) is 23.9 Å². The Morgan fingerprint density at radius 2 is 1.09 bits per heavy atom. The molecule has 0 aliphatic carbocycles. The molecule has 0 spiro atoms. The summed E-state index contributed by atoms with van der Waals surface area (Å²) in [5.41, 5.74) is 4.91. The van der Waals surface area contributed by atoms with E-state index in [-0.39, 0.29) is 51.4 Å². The Labute approximate surface area is 395 Å². The summed E-state index contributed by atoms with van der Waals surface area (Å²) in [5, 5.41) is 16.3. The largest absolute Gasteiger partial charge is 1.00 e. The fourth-order valence-corrected chi connectivity index (χ4v) is 5.80. The van der Waals surface area contributed by atoms with E-state index in [0.717, 1.165) is 59.9 Å². The molecule has 0 radical (unpaired) electrons. The van der Waals surface area contributed by atoms with Crippen LogP contribution in [0.1, 0.15) is 32.4 Å². The second kappa shape index (κ2) is 21.7. The van der Waals surface area contributed by atoms with Gasteiger partial charge in [-0.2, -0.15) is 0 Å². The number of hydrogen-bond acceptors (Lipinski definition) is 9. The molecule has 8 rings (SSSR count). The number of halogens is 3. The number of hydrogen-bond donors (Lipinski definition) is 2. The molecule has 0 unspecified atom stereocenters. The van der Waals surface area contributed by atoms with Crippen LogP contribution in [0.25, 0.3) is 33.7 Å². The van der Waals surface area contributed by atoms with Crippen LogP contribution >= 0.6 is 43.5 Å². The van der Waals surface area contributed by atoms with Gasteiger partial charge in [0.2, 0.25) is 6.41 Å². The van der Waals surface area contributed by atoms with Crippen molar-refractivity contribution in [3.05, 3.63) is 148 Å². The number of aryl methyl sites for hydroxylation is 2. The minimum absolute atomic E-state index is 0. The minimum Gasteiger partial charge on any atom is -0.850 e. The average molecular weight is 937 g/mol. The molecule has 0 saturated carbocycles. The van der Waals surface area contributed by atoms with Crippen molar-refractivity contribution in [1.29, 1.82) is 0 Å². The van der Waals surface area contributed by atoms with Gasteiger partial charge >= 0.3 is 51.4 Å². The third kappa shape index (κ3) is 13.9. The quantitative estimate of drug-likeness (QED) is 0.139. The number of nitrogens with one attached hydrogen (secondary N) is 2. The zero-order chi connectivity index (χ0) is 40.2. The Morgan fingerprint density at radius 3 is 1.56 bits per heavy atom. The van der Waals surface area contributed by atoms with Crippen molar-refractivity contribution in [2.45, 2.75) is 40.2 Å². The van der Waals surface area contributed by atoms with Crippen LogP contribution in [-0.4, -0.2) is 51.0 Å². The van der Waals surface area contributed by atoms with Crippen molar-refractivity contribution in [1.82, 2.24) is 39.0 Å². The van der Waals surface area contributed by atoms with E-state index in [4.69, 9.17) is 11.6 Å². The number of aromatic nitrogens is 8. The third-order valence-electron chi connectivity index (χ3n) is 7.32. The van der Waals surface area contributed by atoms with E-state index in [1.807, 2.05) is 120 Å². The summed E-state index contributed by atoms with van der Waals surface area (Å²) in [6, 6.07) is 31.2. The molecular weight excluding hydrogens is 899 g/mol. The van der Waals surface area contributed by atoms with E-state index in [1.165, 1.54) is 6.20 Å². The molecule has 4 heterocycles. The van der Waals surface area contributed by atoms with Gasteiger partial charge < -0.3 is 15.7 Å². The maximum atomic E-state index is 10.1. The van der Waals surface area contributed by atoms with Gasteiger partial charge in [-0.25, -0.2) is 19.9 Å². The first kappa shape index (κ1) is 45.8. The predicted molar refractivity (Wildman–Crippen MR) is 229 cm³/mol. The molecule has 0 bridgehead atoms. The molecule has 8 aromatic rings. The van der Waals surface area contributed by atoms with E-state index in [9.17, 15) is 9.90 Å². The zero-order valence-corrected chi connectivity index (χ0v) is 39.2. The standard InChI is InChI=1S/C18H14BrN5.C12H9ClN4.C7H6BrNO.C4H9O.K/c1-12-21-15-4-2-3-5-16(15)24(12)18-11-20-10-17(23-18)22-14-8-6-13(19)7-9-14;1-8-15-9-4-2-3-5-10(9)17(8)12-7-14-6-11(13)16-12;8-6-1-3-7(4-2-6)9-5-10;1-4(2,3)5;/h2-11H,1H3,(H,22,23);2-7H,1H3;1-5H,(H,9,10);1-3H3;/q;;;-1;+1. The number of amides is 1. The summed E-state index contributed by atoms with van der Waals surface area (Å²) >= 11 is 12.6. The number of imidazole rings is 2. The van der Waals surface area contributed by atoms with Crippen LogP contribution in [0.15, 0.2) is 131 Å². The molecule has 0 aliphatic heterocycles. The Balaban J connectivity index is 0.000000190. The van der Waals surface area contributed by atoms with Crippen molar-refractivity contribution in [2.75, 3.05) is 10.6 Å². The van der Waals surface area contributed by atoms with Gasteiger partial charge in [0.15, 0.2) is 17.5 Å². The smallest absolute Gasteiger partial charge is 0.850 e. The molecule has 0 aliphatic rings. The maximum Gasteiger partial charge on any atom is 1.00 e. The monoisotopic (exact) mass is 934 g/mol. The number of anilines is 3. The van der Waals surface area contributed by atoms with Crippen molar-refractivity contribution in [3.63, 3.8) is 0 Å². The van der Waals surface area contributed by atoms with Crippen molar-refractivity contribution in [2.24, 2.45) is 0 Å². The summed E-state index contributed by atoms with van der Waals surface area (Å²) < 4.78 is 5.99. The van der Waals surface area contributed by atoms with E-state index in [2.05, 4.69) is 72.4 Å². The van der Waals surface area contributed by atoms with Crippen LogP contribution in [0, 0.1) is 13.8 Å². The van der Waals surface area contributed by atoms with Gasteiger partial charge in [-0.15, -0.1) is 5.60 Å². The van der Waals surface area contributed by atoms with E-state index in [1.54, 1.807) is 39.4 Å². The molecule has 0 atom stereocenters. The van der Waals surface area contributed by atoms with Crippen LogP contribution in [0.4, 0.5) is 17.2 Å². The average Bonchev–Trinajstić information content (AvgIpc) is 3.68. The predicted octanol–water partition coefficient (Wildman–Crippen LogP) is 6.57. The first-order chi connectivity index (χ1) is 26.8. The summed E-state index contributed by atoms with van der Waals surface area (Å²) in [7, 11) is 0. The Bertz CT molecular complexity index is 2520. The van der Waals surface area contributed by atoms with Crippen molar-refractivity contribution < 1.29 is 61.3 Å². The molecule has 57 heavy (non-hydrogen) atoms. The van der Waals surface area contributed by atoms with E-state index < -0.39 is 5.60 Å². The van der Waals surface area contributed by atoms with Crippen LogP contribution in [0.2, 0.25) is 5.15 Å². The van der Waals surface area contributed by atoms with Gasteiger partial charge in [0.1, 0.15) is 16.8 Å². The summed E-state index contributed by atoms with van der Waals surface area (Å²) in [6.07, 6.45) is 7.30. The molecule has 4 aromatic carbocycles. The number of rotatable bonds is 6. The Hall–Kier alpha value is -3.90. The minimum atomic E-state index is -0.750. The zero-order valence-electron chi connectivity index (χ0n) is 32.2. The van der Waals surface area contributed by atoms with Crippen molar-refractivity contribution >= 4 is 89.1 Å². The summed E-state index contributed by atoms with van der Waals surface area (Å²) in [6.45, 7) is 8.80.